The van der Waals surface area contributed by atoms with Gasteiger partial charge in [0.1, 0.15) is 53.9 Å². The topological polar surface area (TPSA) is 270 Å². The SMILES string of the molecule is CC[C@H](C)[C@@H]1NC(=O)[C@H](CC(C)C)N(C)C(=O)C[C@@H](C(=O)N2CCCCC2)N(C)C(=O)[C@H](C2CCCCC2)N(C)C(=O)C2(CCCC2)NC(=O)[C@@H]2CCCN2C(=O)[C@H](CCc2ccc(C(F)(F)F)c(Cl)c2)NC(=O)[C@H](C)N(C)C(=O)[C@H](CC2CCCCC2)N(C)C(=O)CN(C)C(=O)CN(C)C1=O. The fraction of sp³-hybridized carbons (Fsp3) is 0.757. The smallest absolute Gasteiger partial charge is 0.343 e. The maximum absolute atomic E-state index is 15.8. The summed E-state index contributed by atoms with van der Waals surface area (Å²) >= 11 is 6.18. The minimum Gasteiger partial charge on any atom is -0.343 e. The number of alkyl halides is 3. The highest BCUT2D eigenvalue weighted by Gasteiger charge is 2.52. The van der Waals surface area contributed by atoms with Gasteiger partial charge >= 0.3 is 6.18 Å². The number of halogens is 4. The fourth-order valence-electron chi connectivity index (χ4n) is 16.0. The average Bonchev–Trinajstić information content (AvgIpc) is 1.49. The quantitative estimate of drug-likeness (QED) is 0.206. The summed E-state index contributed by atoms with van der Waals surface area (Å²) in [5, 5.41) is 8.26. The summed E-state index contributed by atoms with van der Waals surface area (Å²) in [6.07, 6.45) is 7.06. The van der Waals surface area contributed by atoms with Crippen LogP contribution in [0.5, 0.6) is 0 Å². The Kier molecular flexibility index (Phi) is 29.5. The molecule has 1 aromatic rings. The predicted octanol–water partition coefficient (Wildman–Crippen LogP) is 6.81. The van der Waals surface area contributed by atoms with Crippen molar-refractivity contribution in [2.24, 2.45) is 23.7 Å². The Labute approximate surface area is 605 Å². The zero-order valence-corrected chi connectivity index (χ0v) is 63.1. The molecule has 0 unspecified atom stereocenters. The second-order valence-corrected chi connectivity index (χ2v) is 31.0. The van der Waals surface area contributed by atoms with Gasteiger partial charge in [0, 0.05) is 69.0 Å². The molecule has 28 heteroatoms. The van der Waals surface area contributed by atoms with Gasteiger partial charge in [-0.3, -0.25) is 57.5 Å². The molecule has 102 heavy (non-hydrogen) atoms. The van der Waals surface area contributed by atoms with E-state index < -0.39 is 173 Å². The molecule has 7 rings (SSSR count). The minimum atomic E-state index is -4.76. The van der Waals surface area contributed by atoms with Crippen LogP contribution in [0.2, 0.25) is 5.02 Å². The molecule has 0 radical (unpaired) electrons. The van der Waals surface area contributed by atoms with Crippen LogP contribution in [0, 0.1) is 23.7 Å². The van der Waals surface area contributed by atoms with E-state index >= 15 is 33.6 Å². The molecule has 24 nitrogen and oxygen atoms in total. The molecule has 6 aliphatic rings. The predicted molar refractivity (Wildman–Crippen MR) is 378 cm³/mol. The summed E-state index contributed by atoms with van der Waals surface area (Å²) in [4.78, 5) is 192. The van der Waals surface area contributed by atoms with E-state index in [4.69, 9.17) is 11.6 Å². The van der Waals surface area contributed by atoms with Gasteiger partial charge in [0.25, 0.3) is 0 Å². The van der Waals surface area contributed by atoms with E-state index in [2.05, 4.69) is 16.0 Å². The summed E-state index contributed by atoms with van der Waals surface area (Å²) < 4.78 is 41.8. The lowest BCUT2D eigenvalue weighted by Gasteiger charge is -2.43. The first-order valence-electron chi connectivity index (χ1n) is 37.3. The van der Waals surface area contributed by atoms with Crippen LogP contribution in [-0.2, 0) is 70.1 Å². The number of nitrogens with zero attached hydrogens (tertiary/aromatic N) is 9. The summed E-state index contributed by atoms with van der Waals surface area (Å²) in [5.41, 5.74) is -2.34. The second-order valence-electron chi connectivity index (χ2n) is 30.5. The third kappa shape index (κ3) is 20.3. The van der Waals surface area contributed by atoms with Gasteiger partial charge in [-0.05, 0) is 132 Å². The van der Waals surface area contributed by atoms with Crippen molar-refractivity contribution in [3.05, 3.63) is 34.3 Å². The zero-order chi connectivity index (χ0) is 75.2. The molecule has 0 bridgehead atoms. The third-order valence-corrected chi connectivity index (χ3v) is 23.2. The van der Waals surface area contributed by atoms with Crippen LogP contribution in [0.25, 0.3) is 0 Å². The fourth-order valence-corrected chi connectivity index (χ4v) is 16.3. The normalized spacial score (nSPS) is 27.4. The monoisotopic (exact) mass is 1450 g/mol. The van der Waals surface area contributed by atoms with Crippen LogP contribution in [0.15, 0.2) is 18.2 Å². The number of aryl methyl sites for hydroxylation is 1. The van der Waals surface area contributed by atoms with Gasteiger partial charge in [-0.1, -0.05) is 116 Å². The summed E-state index contributed by atoms with van der Waals surface area (Å²) in [6.45, 7) is 8.53. The lowest BCUT2D eigenvalue weighted by Crippen LogP contribution is -2.65. The molecule has 3 N–H and O–H groups in total. The van der Waals surface area contributed by atoms with Crippen LogP contribution < -0.4 is 16.0 Å². The van der Waals surface area contributed by atoms with Crippen LogP contribution >= 0.6 is 11.6 Å². The Morgan fingerprint density at radius 1 is 0.618 bits per heavy atom. The van der Waals surface area contributed by atoms with Crippen molar-refractivity contribution in [3.8, 4) is 0 Å². The Bertz CT molecular complexity index is 3170. The highest BCUT2D eigenvalue weighted by Crippen LogP contribution is 2.39. The molecule has 1 aromatic carbocycles. The molecule has 3 aliphatic carbocycles. The molecule has 0 aromatic heterocycles. The van der Waals surface area contributed by atoms with Crippen molar-refractivity contribution in [1.82, 2.24) is 60.0 Å². The Hall–Kier alpha value is -7.06. The second kappa shape index (κ2) is 36.6. The molecule has 1 spiro atoms. The van der Waals surface area contributed by atoms with Gasteiger partial charge in [-0.25, -0.2) is 0 Å². The molecule has 3 aliphatic heterocycles. The van der Waals surface area contributed by atoms with E-state index in [1.807, 2.05) is 20.8 Å². The standard InChI is InChI=1S/C74H114ClF3N12O12/c1-13-47(4)62-70(100)83(7)44-60(92)82(6)45-61(93)86(10)57(42-49-26-17-14-18-27-49)68(98)84(8)48(5)64(94)79-54(34-32-50-31-33-52(53(75)41-50)74(76,77)78)67(97)90-39-25-30-55(90)66(96)81-73(35-21-22-36-73)72(102)88(12)63(51-28-19-15-20-29-51)71(101)87(11)58(69(99)89-37-23-16-24-38-89)43-59(91)85(9)56(40-46(2)3)65(95)80-62/h31,33,41,46-49,51,54-58,62-63H,13-30,32,34-40,42-45H2,1-12H3,(H,79,94)(H,80,95)(H,81,96)/t47-,48-,54-,55-,56-,57-,58-,62-,63-/m0/s1. The Morgan fingerprint density at radius 2 is 1.22 bits per heavy atom. The lowest BCUT2D eigenvalue weighted by atomic mass is 9.81. The number of carbonyl (C=O) groups is 12. The number of amides is 12. The molecule has 3 saturated heterocycles. The molecule has 12 amide bonds. The molecule has 570 valence electrons. The zero-order valence-electron chi connectivity index (χ0n) is 62.3. The van der Waals surface area contributed by atoms with Crippen molar-refractivity contribution in [3.63, 3.8) is 0 Å². The van der Waals surface area contributed by atoms with Crippen molar-refractivity contribution in [2.45, 2.75) is 255 Å². The molecule has 3 heterocycles. The first kappa shape index (κ1) is 82.2. The van der Waals surface area contributed by atoms with E-state index in [-0.39, 0.29) is 63.3 Å². The van der Waals surface area contributed by atoms with Crippen LogP contribution in [0.4, 0.5) is 13.2 Å². The first-order chi connectivity index (χ1) is 48.1. The van der Waals surface area contributed by atoms with Gasteiger partial charge < -0.3 is 60.0 Å². The van der Waals surface area contributed by atoms with Crippen LogP contribution in [-0.4, -0.2) is 251 Å². The van der Waals surface area contributed by atoms with Crippen LogP contribution in [0.1, 0.15) is 200 Å². The van der Waals surface area contributed by atoms with Gasteiger partial charge in [0.2, 0.25) is 70.9 Å². The number of hydrogen-bond donors (Lipinski definition) is 3. The Balaban J connectivity index is 1.30. The van der Waals surface area contributed by atoms with Gasteiger partial charge in [-0.15, -0.1) is 0 Å². The van der Waals surface area contributed by atoms with Crippen molar-refractivity contribution < 1.29 is 70.7 Å². The minimum absolute atomic E-state index is 0.0109. The number of hydrogen-bond acceptors (Lipinski definition) is 12. The number of likely N-dealkylation sites (tertiary alicyclic amines) is 1. The summed E-state index contributed by atoms with van der Waals surface area (Å²) in [5.74, 6) is -8.70. The number of likely N-dealkylation sites (N-methyl/N-ethyl adjacent to an activating group) is 7. The molecular weight excluding hydrogens is 1340 g/mol. The Morgan fingerprint density at radius 3 is 1.81 bits per heavy atom. The van der Waals surface area contributed by atoms with Crippen molar-refractivity contribution >= 4 is 82.5 Å². The van der Waals surface area contributed by atoms with Gasteiger partial charge in [-0.2, -0.15) is 13.2 Å². The maximum Gasteiger partial charge on any atom is 0.417 e. The van der Waals surface area contributed by atoms with Crippen molar-refractivity contribution in [2.75, 3.05) is 82.1 Å². The van der Waals surface area contributed by atoms with Gasteiger partial charge in [0.05, 0.1) is 30.1 Å². The number of benzene rings is 1. The number of fused-ring (bicyclic) bond motifs is 1. The van der Waals surface area contributed by atoms with Crippen molar-refractivity contribution in [1.29, 1.82) is 0 Å². The van der Waals surface area contributed by atoms with E-state index in [1.54, 1.807) is 11.8 Å². The maximum atomic E-state index is 15.8. The van der Waals surface area contributed by atoms with E-state index in [0.29, 0.717) is 70.0 Å². The number of piperidine rings is 1. The first-order valence-corrected chi connectivity index (χ1v) is 37.7. The highest BCUT2D eigenvalue weighted by molar-refractivity contribution is 6.31. The van der Waals surface area contributed by atoms with Crippen LogP contribution in [0.3, 0.4) is 0 Å². The molecule has 3 saturated carbocycles. The largest absolute Gasteiger partial charge is 0.417 e. The molecular formula is C74H114ClF3N12O12. The number of carbonyl (C=O) groups excluding carboxylic acids is 12. The highest BCUT2D eigenvalue weighted by atomic mass is 35.5. The number of rotatable bonds is 11. The lowest BCUT2D eigenvalue weighted by molar-refractivity contribution is -0.157. The summed E-state index contributed by atoms with van der Waals surface area (Å²) in [6, 6.07) is -6.87. The van der Waals surface area contributed by atoms with E-state index in [9.17, 15) is 37.1 Å². The summed E-state index contributed by atoms with van der Waals surface area (Å²) in [7, 11) is 10.1. The van der Waals surface area contributed by atoms with E-state index in [0.717, 1.165) is 79.7 Å². The third-order valence-electron chi connectivity index (χ3n) is 22.9. The number of nitrogens with one attached hydrogen (secondary N) is 3. The molecule has 6 fully saturated rings. The van der Waals surface area contributed by atoms with Gasteiger partial charge in [0.15, 0.2) is 0 Å². The van der Waals surface area contributed by atoms with E-state index in [1.165, 1.54) is 91.7 Å². The molecule has 9 atom stereocenters. The average molecular weight is 1460 g/mol.